The lowest BCUT2D eigenvalue weighted by Crippen LogP contribution is -2.47. The highest BCUT2D eigenvalue weighted by Gasteiger charge is 2.34. The molecule has 0 fully saturated rings. The molecule has 0 spiro atoms. The second-order valence-electron chi connectivity index (χ2n) is 6.27. The standard InChI is InChI=1S/C20H21NO3/c1-13(2)12-21-17-11-16(22)8-9-18(17)24-19(20(21)23)10-15-7-5-4-6-14(15)3/h4-9,11,19,22H,1,10,12H2,2-3H3. The van der Waals surface area contributed by atoms with Crippen LogP contribution in [0.1, 0.15) is 18.1 Å². The summed E-state index contributed by atoms with van der Waals surface area (Å²) in [6.45, 7) is 8.22. The van der Waals surface area contributed by atoms with Crippen molar-refractivity contribution in [2.45, 2.75) is 26.4 Å². The first-order valence-corrected chi connectivity index (χ1v) is 7.95. The van der Waals surface area contributed by atoms with Crippen LogP contribution in [0.25, 0.3) is 0 Å². The number of nitrogens with zero attached hydrogens (tertiary/aromatic N) is 1. The number of carbonyl (C=O) groups excluding carboxylic acids is 1. The minimum Gasteiger partial charge on any atom is -0.508 e. The summed E-state index contributed by atoms with van der Waals surface area (Å²) < 4.78 is 5.94. The number of carbonyl (C=O) groups is 1. The molecule has 0 aliphatic carbocycles. The molecular weight excluding hydrogens is 302 g/mol. The molecule has 1 atom stereocenters. The number of aryl methyl sites for hydroxylation is 1. The third kappa shape index (κ3) is 3.13. The number of anilines is 1. The number of hydrogen-bond donors (Lipinski definition) is 1. The van der Waals surface area contributed by atoms with Gasteiger partial charge in [0.1, 0.15) is 11.5 Å². The fourth-order valence-corrected chi connectivity index (χ4v) is 2.91. The van der Waals surface area contributed by atoms with E-state index < -0.39 is 6.10 Å². The Kier molecular flexibility index (Phi) is 4.30. The highest BCUT2D eigenvalue weighted by Crippen LogP contribution is 2.37. The van der Waals surface area contributed by atoms with E-state index in [0.29, 0.717) is 24.4 Å². The van der Waals surface area contributed by atoms with Gasteiger partial charge >= 0.3 is 0 Å². The fourth-order valence-electron chi connectivity index (χ4n) is 2.91. The molecule has 2 aromatic rings. The predicted molar refractivity (Wildman–Crippen MR) is 94.6 cm³/mol. The quantitative estimate of drug-likeness (QED) is 0.875. The Morgan fingerprint density at radius 1 is 1.29 bits per heavy atom. The number of phenols is 1. The van der Waals surface area contributed by atoms with Gasteiger partial charge in [-0.1, -0.05) is 36.4 Å². The van der Waals surface area contributed by atoms with Crippen molar-refractivity contribution < 1.29 is 14.6 Å². The van der Waals surface area contributed by atoms with E-state index in [4.69, 9.17) is 4.74 Å². The Morgan fingerprint density at radius 3 is 2.75 bits per heavy atom. The van der Waals surface area contributed by atoms with Gasteiger partial charge < -0.3 is 14.7 Å². The summed E-state index contributed by atoms with van der Waals surface area (Å²) in [4.78, 5) is 14.6. The van der Waals surface area contributed by atoms with Crippen LogP contribution in [-0.4, -0.2) is 23.7 Å². The van der Waals surface area contributed by atoms with Crippen molar-refractivity contribution in [2.24, 2.45) is 0 Å². The topological polar surface area (TPSA) is 49.8 Å². The third-order valence-electron chi connectivity index (χ3n) is 4.14. The Hall–Kier alpha value is -2.75. The van der Waals surface area contributed by atoms with Gasteiger partial charge in [0, 0.05) is 19.0 Å². The molecule has 0 aromatic heterocycles. The van der Waals surface area contributed by atoms with Crippen LogP contribution in [-0.2, 0) is 11.2 Å². The summed E-state index contributed by atoms with van der Waals surface area (Å²) in [5.74, 6) is 0.598. The molecule has 1 aliphatic heterocycles. The van der Waals surface area contributed by atoms with Crippen LogP contribution < -0.4 is 9.64 Å². The lowest BCUT2D eigenvalue weighted by atomic mass is 10.0. The number of amides is 1. The smallest absolute Gasteiger partial charge is 0.268 e. The van der Waals surface area contributed by atoms with Crippen LogP contribution >= 0.6 is 0 Å². The minimum atomic E-state index is -0.581. The second-order valence-corrected chi connectivity index (χ2v) is 6.27. The van der Waals surface area contributed by atoms with E-state index in [2.05, 4.69) is 6.58 Å². The molecule has 1 unspecified atom stereocenters. The van der Waals surface area contributed by atoms with Crippen molar-refractivity contribution in [3.8, 4) is 11.5 Å². The summed E-state index contributed by atoms with van der Waals surface area (Å²) in [6, 6.07) is 12.8. The summed E-state index contributed by atoms with van der Waals surface area (Å²) in [5.41, 5.74) is 3.68. The van der Waals surface area contributed by atoms with Crippen molar-refractivity contribution in [1.82, 2.24) is 0 Å². The zero-order valence-electron chi connectivity index (χ0n) is 14.0. The maximum atomic E-state index is 12.9. The maximum absolute atomic E-state index is 12.9. The Morgan fingerprint density at radius 2 is 2.04 bits per heavy atom. The first-order valence-electron chi connectivity index (χ1n) is 7.95. The average molecular weight is 323 g/mol. The molecule has 0 bridgehead atoms. The van der Waals surface area contributed by atoms with Crippen molar-refractivity contribution in [3.63, 3.8) is 0 Å². The Bertz CT molecular complexity index is 797. The molecular formula is C20H21NO3. The molecule has 0 radical (unpaired) electrons. The van der Waals surface area contributed by atoms with Crippen LogP contribution in [0.2, 0.25) is 0 Å². The number of phenolic OH excluding ortho intramolecular Hbond substituents is 1. The van der Waals surface area contributed by atoms with E-state index >= 15 is 0 Å². The van der Waals surface area contributed by atoms with Gasteiger partial charge in [0.15, 0.2) is 6.10 Å². The number of fused-ring (bicyclic) bond motifs is 1. The highest BCUT2D eigenvalue weighted by atomic mass is 16.5. The highest BCUT2D eigenvalue weighted by molar-refractivity contribution is 6.00. The van der Waals surface area contributed by atoms with Crippen LogP contribution in [0.4, 0.5) is 5.69 Å². The number of rotatable bonds is 4. The zero-order chi connectivity index (χ0) is 17.3. The molecule has 2 aromatic carbocycles. The first kappa shape index (κ1) is 16.1. The van der Waals surface area contributed by atoms with Crippen molar-refractivity contribution in [2.75, 3.05) is 11.4 Å². The number of hydrogen-bond acceptors (Lipinski definition) is 3. The van der Waals surface area contributed by atoms with Crippen molar-refractivity contribution >= 4 is 11.6 Å². The van der Waals surface area contributed by atoms with E-state index in [0.717, 1.165) is 16.7 Å². The van der Waals surface area contributed by atoms with E-state index in [9.17, 15) is 9.90 Å². The molecule has 0 saturated carbocycles. The molecule has 1 heterocycles. The second kappa shape index (κ2) is 6.40. The fraction of sp³-hybridized carbons (Fsp3) is 0.250. The van der Waals surface area contributed by atoms with Crippen LogP contribution in [0, 0.1) is 6.92 Å². The monoisotopic (exact) mass is 323 g/mol. The summed E-state index contributed by atoms with van der Waals surface area (Å²) in [5, 5.41) is 9.75. The number of benzene rings is 2. The Balaban J connectivity index is 1.95. The Labute approximate surface area is 142 Å². The molecule has 3 rings (SSSR count). The van der Waals surface area contributed by atoms with E-state index in [1.54, 1.807) is 23.1 Å². The van der Waals surface area contributed by atoms with Gasteiger partial charge in [0.05, 0.1) is 5.69 Å². The molecule has 4 nitrogen and oxygen atoms in total. The van der Waals surface area contributed by atoms with Gasteiger partial charge in [0.25, 0.3) is 5.91 Å². The first-order chi connectivity index (χ1) is 11.5. The number of aromatic hydroxyl groups is 1. The lowest BCUT2D eigenvalue weighted by molar-refractivity contribution is -0.126. The van der Waals surface area contributed by atoms with E-state index in [-0.39, 0.29) is 11.7 Å². The van der Waals surface area contributed by atoms with Crippen molar-refractivity contribution in [1.29, 1.82) is 0 Å². The normalized spacial score (nSPS) is 16.5. The van der Waals surface area contributed by atoms with Gasteiger partial charge in [-0.3, -0.25) is 4.79 Å². The van der Waals surface area contributed by atoms with Crippen LogP contribution in [0.15, 0.2) is 54.6 Å². The largest absolute Gasteiger partial charge is 0.508 e. The number of ether oxygens (including phenoxy) is 1. The van der Waals surface area contributed by atoms with Crippen LogP contribution in [0.5, 0.6) is 11.5 Å². The van der Waals surface area contributed by atoms with Gasteiger partial charge in [-0.15, -0.1) is 0 Å². The summed E-state index contributed by atoms with van der Waals surface area (Å²) in [6.07, 6.45) is -0.0686. The summed E-state index contributed by atoms with van der Waals surface area (Å²) >= 11 is 0. The average Bonchev–Trinajstić information content (AvgIpc) is 2.53. The van der Waals surface area contributed by atoms with E-state index in [1.165, 1.54) is 0 Å². The van der Waals surface area contributed by atoms with Gasteiger partial charge in [-0.25, -0.2) is 0 Å². The molecule has 1 N–H and O–H groups in total. The molecule has 1 amide bonds. The SMILES string of the molecule is C=C(C)CN1C(=O)C(Cc2ccccc2C)Oc2ccc(O)cc21. The van der Waals surface area contributed by atoms with Crippen molar-refractivity contribution in [3.05, 3.63) is 65.7 Å². The van der Waals surface area contributed by atoms with Crippen LogP contribution in [0.3, 0.4) is 0 Å². The molecule has 124 valence electrons. The molecule has 0 saturated heterocycles. The van der Waals surface area contributed by atoms with Gasteiger partial charge in [-0.2, -0.15) is 0 Å². The minimum absolute atomic E-state index is 0.106. The van der Waals surface area contributed by atoms with Gasteiger partial charge in [-0.05, 0) is 37.1 Å². The summed E-state index contributed by atoms with van der Waals surface area (Å²) in [7, 11) is 0. The molecule has 4 heteroatoms. The predicted octanol–water partition coefficient (Wildman–Crippen LogP) is 3.61. The maximum Gasteiger partial charge on any atom is 0.268 e. The lowest BCUT2D eigenvalue weighted by Gasteiger charge is -2.34. The third-order valence-corrected chi connectivity index (χ3v) is 4.14. The molecule has 1 aliphatic rings. The van der Waals surface area contributed by atoms with E-state index in [1.807, 2.05) is 38.1 Å². The molecule has 24 heavy (non-hydrogen) atoms. The van der Waals surface area contributed by atoms with Gasteiger partial charge in [0.2, 0.25) is 0 Å². The zero-order valence-corrected chi connectivity index (χ0v) is 14.0.